The summed E-state index contributed by atoms with van der Waals surface area (Å²) in [7, 11) is -3.10. The molecule has 0 N–H and O–H groups in total. The van der Waals surface area contributed by atoms with Crippen LogP contribution >= 0.6 is 0 Å². The van der Waals surface area contributed by atoms with Crippen molar-refractivity contribution < 1.29 is 27.5 Å². The second-order valence-corrected chi connectivity index (χ2v) is 8.92. The van der Waals surface area contributed by atoms with Gasteiger partial charge < -0.3 is 9.64 Å². The average Bonchev–Trinajstić information content (AvgIpc) is 2.98. The van der Waals surface area contributed by atoms with E-state index in [1.54, 1.807) is 19.1 Å². The lowest BCUT2D eigenvalue weighted by atomic mass is 10.1. The van der Waals surface area contributed by atoms with Gasteiger partial charge in [-0.15, -0.1) is 0 Å². The van der Waals surface area contributed by atoms with Crippen molar-refractivity contribution in [2.45, 2.75) is 39.2 Å². The van der Waals surface area contributed by atoms with Crippen LogP contribution in [-0.2, 0) is 24.2 Å². The number of aryl methyl sites for hydroxylation is 1. The number of esters is 1. The van der Waals surface area contributed by atoms with Gasteiger partial charge in [-0.05, 0) is 20.3 Å². The fourth-order valence-electron chi connectivity index (χ4n) is 3.06. The zero-order valence-electron chi connectivity index (χ0n) is 15.6. The lowest BCUT2D eigenvalue weighted by Gasteiger charge is -2.26. The second-order valence-electron chi connectivity index (χ2n) is 6.69. The Morgan fingerprint density at radius 3 is 2.37 bits per heavy atom. The van der Waals surface area contributed by atoms with E-state index in [1.165, 1.54) is 4.90 Å². The molecule has 0 saturated carbocycles. The van der Waals surface area contributed by atoms with Gasteiger partial charge in [-0.25, -0.2) is 8.42 Å². The minimum atomic E-state index is -3.10. The number of benzene rings is 1. The number of amides is 1. The number of ether oxygens (including phenoxy) is 1. The van der Waals surface area contributed by atoms with E-state index in [-0.39, 0.29) is 36.2 Å². The largest absolute Gasteiger partial charge is 0.456 e. The monoisotopic (exact) mass is 395 g/mol. The molecule has 1 saturated heterocycles. The van der Waals surface area contributed by atoms with Crippen LogP contribution < -0.4 is 0 Å². The zero-order chi connectivity index (χ0) is 20.0. The number of carbonyl (C=O) groups is 3. The quantitative estimate of drug-likeness (QED) is 0.489. The summed E-state index contributed by atoms with van der Waals surface area (Å²) in [4.78, 5) is 37.6. The molecule has 7 nitrogen and oxygen atoms in total. The lowest BCUT2D eigenvalue weighted by Crippen LogP contribution is -2.43. The number of ketones is 1. The molecular weight excluding hydrogens is 370 g/mol. The molecule has 0 spiro atoms. The highest BCUT2D eigenvalue weighted by Crippen LogP contribution is 2.18. The molecule has 1 amide bonds. The summed E-state index contributed by atoms with van der Waals surface area (Å²) in [5.74, 6) is -1.19. The van der Waals surface area contributed by atoms with E-state index in [0.29, 0.717) is 18.5 Å². The fourth-order valence-corrected chi connectivity index (χ4v) is 4.79. The smallest absolute Gasteiger partial charge is 0.306 e. The zero-order valence-corrected chi connectivity index (χ0v) is 16.5. The standard InChI is InChI=1S/C19H25NO6S/c1-3-20(16-10-11-27(24,25)13-16)18(22)12-26-19(23)9-8-17(21)15-6-4-14(2)5-7-15/h4-7,16H,3,8-13H2,1-2H3. The van der Waals surface area contributed by atoms with Crippen molar-refractivity contribution in [1.82, 2.24) is 4.90 Å². The number of rotatable bonds is 8. The molecule has 0 bridgehead atoms. The van der Waals surface area contributed by atoms with E-state index in [0.717, 1.165) is 5.56 Å². The first kappa shape index (κ1) is 21.1. The number of likely N-dealkylation sites (N-methyl/N-ethyl adjacent to an activating group) is 1. The van der Waals surface area contributed by atoms with Gasteiger partial charge in [0, 0.05) is 24.6 Å². The number of sulfone groups is 1. The van der Waals surface area contributed by atoms with Crippen molar-refractivity contribution >= 4 is 27.5 Å². The maximum absolute atomic E-state index is 12.3. The van der Waals surface area contributed by atoms with Crippen LogP contribution in [0.1, 0.15) is 42.1 Å². The van der Waals surface area contributed by atoms with Crippen LogP contribution in [0.15, 0.2) is 24.3 Å². The Kier molecular flexibility index (Phi) is 7.12. The maximum atomic E-state index is 12.3. The van der Waals surface area contributed by atoms with E-state index in [2.05, 4.69) is 0 Å². The van der Waals surface area contributed by atoms with Crippen molar-refractivity contribution in [2.24, 2.45) is 0 Å². The van der Waals surface area contributed by atoms with E-state index >= 15 is 0 Å². The van der Waals surface area contributed by atoms with Crippen molar-refractivity contribution in [2.75, 3.05) is 24.7 Å². The van der Waals surface area contributed by atoms with Gasteiger partial charge in [-0.2, -0.15) is 0 Å². The van der Waals surface area contributed by atoms with Crippen molar-refractivity contribution in [1.29, 1.82) is 0 Å². The second kappa shape index (κ2) is 9.12. The Morgan fingerprint density at radius 1 is 1.15 bits per heavy atom. The molecule has 148 valence electrons. The summed E-state index contributed by atoms with van der Waals surface area (Å²) >= 11 is 0. The molecule has 0 aliphatic carbocycles. The van der Waals surface area contributed by atoms with Gasteiger partial charge in [0.15, 0.2) is 22.2 Å². The number of hydrogen-bond donors (Lipinski definition) is 0. The van der Waals surface area contributed by atoms with Gasteiger partial charge in [0.05, 0.1) is 17.9 Å². The molecule has 1 aliphatic rings. The van der Waals surface area contributed by atoms with Crippen molar-refractivity contribution in [3.8, 4) is 0 Å². The van der Waals surface area contributed by atoms with Gasteiger partial charge in [0.1, 0.15) is 0 Å². The van der Waals surface area contributed by atoms with Gasteiger partial charge >= 0.3 is 5.97 Å². The normalized spacial score (nSPS) is 18.1. The average molecular weight is 395 g/mol. The van der Waals surface area contributed by atoms with Crippen LogP contribution in [-0.4, -0.2) is 61.7 Å². The predicted octanol–water partition coefficient (Wildman–Crippen LogP) is 1.54. The first-order valence-electron chi connectivity index (χ1n) is 8.97. The number of carbonyl (C=O) groups excluding carboxylic acids is 3. The molecule has 1 aromatic carbocycles. The predicted molar refractivity (Wildman–Crippen MR) is 100 cm³/mol. The minimum Gasteiger partial charge on any atom is -0.456 e. The van der Waals surface area contributed by atoms with E-state index in [4.69, 9.17) is 4.74 Å². The fraction of sp³-hybridized carbons (Fsp3) is 0.526. The summed E-state index contributed by atoms with van der Waals surface area (Å²) in [5.41, 5.74) is 1.57. The Bertz CT molecular complexity index is 800. The van der Waals surface area contributed by atoms with Crippen molar-refractivity contribution in [3.05, 3.63) is 35.4 Å². The third-order valence-corrected chi connectivity index (χ3v) is 6.35. The highest BCUT2D eigenvalue weighted by atomic mass is 32.2. The molecule has 1 heterocycles. The van der Waals surface area contributed by atoms with E-state index < -0.39 is 28.3 Å². The lowest BCUT2D eigenvalue weighted by molar-refractivity contribution is -0.152. The molecule has 0 radical (unpaired) electrons. The summed E-state index contributed by atoms with van der Waals surface area (Å²) in [5, 5.41) is 0. The van der Waals surface area contributed by atoms with Crippen LogP contribution in [0, 0.1) is 6.92 Å². The van der Waals surface area contributed by atoms with Gasteiger partial charge in [0.25, 0.3) is 5.91 Å². The highest BCUT2D eigenvalue weighted by molar-refractivity contribution is 7.91. The van der Waals surface area contributed by atoms with Crippen LogP contribution in [0.4, 0.5) is 0 Å². The molecule has 1 aliphatic heterocycles. The van der Waals surface area contributed by atoms with Crippen LogP contribution in [0.25, 0.3) is 0 Å². The maximum Gasteiger partial charge on any atom is 0.306 e. The summed E-state index contributed by atoms with van der Waals surface area (Å²) in [6, 6.07) is 6.71. The summed E-state index contributed by atoms with van der Waals surface area (Å²) < 4.78 is 28.1. The molecule has 0 aromatic heterocycles. The molecule has 8 heteroatoms. The van der Waals surface area contributed by atoms with Crippen LogP contribution in [0.5, 0.6) is 0 Å². The van der Waals surface area contributed by atoms with Gasteiger partial charge in [0.2, 0.25) is 0 Å². The number of hydrogen-bond acceptors (Lipinski definition) is 6. The molecule has 2 rings (SSSR count). The molecule has 1 unspecified atom stereocenters. The Hall–Kier alpha value is -2.22. The topological polar surface area (TPSA) is 97.8 Å². The first-order chi connectivity index (χ1) is 12.7. The third kappa shape index (κ3) is 6.16. The summed E-state index contributed by atoms with van der Waals surface area (Å²) in [6.07, 6.45) is 0.305. The number of Topliss-reactive ketones (excluding diaryl/α,β-unsaturated/α-hetero) is 1. The van der Waals surface area contributed by atoms with Gasteiger partial charge in [-0.1, -0.05) is 29.8 Å². The number of nitrogens with zero attached hydrogens (tertiary/aromatic N) is 1. The highest BCUT2D eigenvalue weighted by Gasteiger charge is 2.34. The molecule has 27 heavy (non-hydrogen) atoms. The van der Waals surface area contributed by atoms with E-state index in [9.17, 15) is 22.8 Å². The Labute approximate surface area is 159 Å². The summed E-state index contributed by atoms with van der Waals surface area (Å²) in [6.45, 7) is 3.58. The third-order valence-electron chi connectivity index (χ3n) is 4.60. The molecule has 1 atom stereocenters. The molecular formula is C19H25NO6S. The Morgan fingerprint density at radius 2 is 1.81 bits per heavy atom. The molecule has 1 aromatic rings. The molecule has 1 fully saturated rings. The van der Waals surface area contributed by atoms with Crippen LogP contribution in [0.3, 0.4) is 0 Å². The van der Waals surface area contributed by atoms with Gasteiger partial charge in [-0.3, -0.25) is 14.4 Å². The Balaban J connectivity index is 1.77. The first-order valence-corrected chi connectivity index (χ1v) is 10.8. The van der Waals surface area contributed by atoms with Crippen LogP contribution in [0.2, 0.25) is 0 Å². The SMILES string of the molecule is CCN(C(=O)COC(=O)CCC(=O)c1ccc(C)cc1)C1CCS(=O)(=O)C1. The van der Waals surface area contributed by atoms with Crippen molar-refractivity contribution in [3.63, 3.8) is 0 Å². The van der Waals surface area contributed by atoms with E-state index in [1.807, 2.05) is 19.1 Å². The minimum absolute atomic E-state index is 0.00838.